The summed E-state index contributed by atoms with van der Waals surface area (Å²) in [4.78, 5) is 14.3. The van der Waals surface area contributed by atoms with Gasteiger partial charge in [0.25, 0.3) is 0 Å². The Morgan fingerprint density at radius 1 is 1.47 bits per heavy atom. The molecule has 0 bridgehead atoms. The second-order valence-corrected chi connectivity index (χ2v) is 4.39. The number of methoxy groups -OCH3 is 1. The molecule has 0 saturated carbocycles. The zero-order valence-corrected chi connectivity index (χ0v) is 10.7. The van der Waals surface area contributed by atoms with E-state index in [1.165, 1.54) is 7.11 Å². The molecule has 1 fully saturated rings. The largest absolute Gasteiger partial charge is 0.467 e. The van der Waals surface area contributed by atoms with Gasteiger partial charge in [-0.1, -0.05) is 0 Å². The zero-order chi connectivity index (χ0) is 12.3. The Kier molecular flexibility index (Phi) is 3.96. The van der Waals surface area contributed by atoms with Gasteiger partial charge in [0, 0.05) is 13.1 Å². The molecule has 1 aromatic heterocycles. The van der Waals surface area contributed by atoms with E-state index in [9.17, 15) is 0 Å². The van der Waals surface area contributed by atoms with E-state index in [2.05, 4.69) is 25.2 Å². The third-order valence-corrected chi connectivity index (χ3v) is 2.99. The first-order chi connectivity index (χ1) is 8.22. The first-order valence-corrected chi connectivity index (χ1v) is 5.96. The number of nitrogens with zero attached hydrogens (tertiary/aromatic N) is 4. The van der Waals surface area contributed by atoms with Crippen molar-refractivity contribution in [1.82, 2.24) is 20.3 Å². The molecule has 1 atom stereocenters. The second kappa shape index (κ2) is 5.46. The maximum atomic E-state index is 5.82. The Morgan fingerprint density at radius 3 is 3.00 bits per heavy atom. The number of ether oxygens (including phenoxy) is 1. The minimum atomic E-state index is 0.170. The minimum absolute atomic E-state index is 0.170. The van der Waals surface area contributed by atoms with Crippen molar-refractivity contribution >= 4 is 17.5 Å². The average Bonchev–Trinajstić information content (AvgIpc) is 2.77. The molecular formula is C10H16ClN5O. The maximum Gasteiger partial charge on any atom is 0.322 e. The van der Waals surface area contributed by atoms with E-state index in [1.807, 2.05) is 7.05 Å². The summed E-state index contributed by atoms with van der Waals surface area (Å²) >= 11 is 5.82. The lowest BCUT2D eigenvalue weighted by molar-refractivity contribution is 0.378. The summed E-state index contributed by atoms with van der Waals surface area (Å²) in [6, 6.07) is 0.261. The van der Waals surface area contributed by atoms with Crippen molar-refractivity contribution in [3.8, 4) is 6.01 Å². The molecule has 7 heteroatoms. The van der Waals surface area contributed by atoms with Crippen LogP contribution in [-0.2, 0) is 0 Å². The van der Waals surface area contributed by atoms with Gasteiger partial charge >= 0.3 is 6.01 Å². The normalized spacial score (nSPS) is 19.7. The zero-order valence-electron chi connectivity index (χ0n) is 9.98. The van der Waals surface area contributed by atoms with Crippen molar-refractivity contribution in [2.24, 2.45) is 5.92 Å². The van der Waals surface area contributed by atoms with Crippen LogP contribution in [0.3, 0.4) is 0 Å². The van der Waals surface area contributed by atoms with Crippen LogP contribution >= 0.6 is 11.6 Å². The standard InChI is InChI=1S/C10H16ClN5O/c1-12-5-7-3-4-16(6-7)9-13-8(11)14-10(15-9)17-2/h7,12H,3-6H2,1-2H3. The number of aromatic nitrogens is 3. The first kappa shape index (κ1) is 12.3. The molecular weight excluding hydrogens is 242 g/mol. The van der Waals surface area contributed by atoms with E-state index >= 15 is 0 Å². The van der Waals surface area contributed by atoms with Crippen LogP contribution in [0.25, 0.3) is 0 Å². The average molecular weight is 258 g/mol. The van der Waals surface area contributed by atoms with Crippen LogP contribution in [0.1, 0.15) is 6.42 Å². The fourth-order valence-corrected chi connectivity index (χ4v) is 2.17. The summed E-state index contributed by atoms with van der Waals surface area (Å²) in [5.41, 5.74) is 0. The Morgan fingerprint density at radius 2 is 2.29 bits per heavy atom. The number of hydrogen-bond donors (Lipinski definition) is 1. The van der Waals surface area contributed by atoms with Gasteiger partial charge in [-0.3, -0.25) is 0 Å². The Labute approximate surface area is 105 Å². The Balaban J connectivity index is 2.10. The van der Waals surface area contributed by atoms with Crippen molar-refractivity contribution in [3.05, 3.63) is 5.28 Å². The highest BCUT2D eigenvalue weighted by Gasteiger charge is 2.24. The molecule has 1 aromatic rings. The van der Waals surface area contributed by atoms with Crippen molar-refractivity contribution < 1.29 is 4.74 Å². The van der Waals surface area contributed by atoms with Crippen molar-refractivity contribution in [2.45, 2.75) is 6.42 Å². The van der Waals surface area contributed by atoms with Crippen LogP contribution < -0.4 is 15.0 Å². The van der Waals surface area contributed by atoms with Gasteiger partial charge in [0.2, 0.25) is 11.2 Å². The van der Waals surface area contributed by atoms with Crippen molar-refractivity contribution in [2.75, 3.05) is 38.7 Å². The molecule has 0 amide bonds. The van der Waals surface area contributed by atoms with E-state index < -0.39 is 0 Å². The van der Waals surface area contributed by atoms with Crippen LogP contribution in [0.15, 0.2) is 0 Å². The summed E-state index contributed by atoms with van der Waals surface area (Å²) in [6.07, 6.45) is 1.13. The number of halogens is 1. The molecule has 1 N–H and O–H groups in total. The lowest BCUT2D eigenvalue weighted by Gasteiger charge is -2.16. The molecule has 1 unspecified atom stereocenters. The minimum Gasteiger partial charge on any atom is -0.467 e. The highest BCUT2D eigenvalue weighted by atomic mass is 35.5. The first-order valence-electron chi connectivity index (χ1n) is 5.58. The van der Waals surface area contributed by atoms with Crippen LogP contribution in [0.2, 0.25) is 5.28 Å². The summed E-state index contributed by atoms with van der Waals surface area (Å²) in [5, 5.41) is 3.36. The SMILES string of the molecule is CNCC1CCN(c2nc(Cl)nc(OC)n2)C1. The molecule has 94 valence electrons. The van der Waals surface area contributed by atoms with Crippen LogP contribution in [0, 0.1) is 5.92 Å². The smallest absolute Gasteiger partial charge is 0.322 e. The molecule has 0 aromatic carbocycles. The molecule has 2 rings (SSSR count). The van der Waals surface area contributed by atoms with Gasteiger partial charge in [-0.25, -0.2) is 0 Å². The fourth-order valence-electron chi connectivity index (χ4n) is 2.02. The molecule has 2 heterocycles. The van der Waals surface area contributed by atoms with E-state index in [0.29, 0.717) is 11.9 Å². The molecule has 1 saturated heterocycles. The predicted octanol–water partition coefficient (Wildman–Crippen LogP) is 0.579. The third-order valence-electron chi connectivity index (χ3n) is 2.82. The maximum absolute atomic E-state index is 5.82. The molecule has 0 aliphatic carbocycles. The summed E-state index contributed by atoms with van der Waals surface area (Å²) in [6.45, 7) is 2.88. The van der Waals surface area contributed by atoms with Gasteiger partial charge in [-0.15, -0.1) is 0 Å². The molecule has 1 aliphatic heterocycles. The summed E-state index contributed by atoms with van der Waals surface area (Å²) < 4.78 is 4.98. The number of rotatable bonds is 4. The highest BCUT2D eigenvalue weighted by molar-refractivity contribution is 6.28. The van der Waals surface area contributed by atoms with Gasteiger partial charge in [0.05, 0.1) is 7.11 Å². The van der Waals surface area contributed by atoms with Gasteiger partial charge in [0.1, 0.15) is 0 Å². The molecule has 17 heavy (non-hydrogen) atoms. The number of anilines is 1. The lowest BCUT2D eigenvalue weighted by Crippen LogP contribution is -2.25. The van der Waals surface area contributed by atoms with E-state index in [0.717, 1.165) is 26.1 Å². The quantitative estimate of drug-likeness (QED) is 0.851. The van der Waals surface area contributed by atoms with Crippen molar-refractivity contribution in [3.63, 3.8) is 0 Å². The van der Waals surface area contributed by atoms with Gasteiger partial charge in [-0.2, -0.15) is 15.0 Å². The third kappa shape index (κ3) is 2.95. The summed E-state index contributed by atoms with van der Waals surface area (Å²) in [5.74, 6) is 1.22. The molecule has 0 spiro atoms. The molecule has 6 nitrogen and oxygen atoms in total. The van der Waals surface area contributed by atoms with E-state index in [4.69, 9.17) is 16.3 Å². The summed E-state index contributed by atoms with van der Waals surface area (Å²) in [7, 11) is 3.48. The second-order valence-electron chi connectivity index (χ2n) is 4.05. The Bertz CT molecular complexity index is 389. The monoisotopic (exact) mass is 257 g/mol. The van der Waals surface area contributed by atoms with Crippen LogP contribution in [-0.4, -0.2) is 48.7 Å². The van der Waals surface area contributed by atoms with Gasteiger partial charge < -0.3 is 15.0 Å². The predicted molar refractivity (Wildman–Crippen MR) is 65.6 cm³/mol. The topological polar surface area (TPSA) is 63.2 Å². The highest BCUT2D eigenvalue weighted by Crippen LogP contribution is 2.22. The Hall–Kier alpha value is -1.14. The van der Waals surface area contributed by atoms with E-state index in [1.54, 1.807) is 0 Å². The van der Waals surface area contributed by atoms with Crippen LogP contribution in [0.4, 0.5) is 5.95 Å². The van der Waals surface area contributed by atoms with E-state index in [-0.39, 0.29) is 11.3 Å². The lowest BCUT2D eigenvalue weighted by atomic mass is 10.1. The molecule has 0 radical (unpaired) electrons. The van der Waals surface area contributed by atoms with Gasteiger partial charge in [-0.05, 0) is 37.5 Å². The number of nitrogens with one attached hydrogen (secondary N) is 1. The fraction of sp³-hybridized carbons (Fsp3) is 0.700. The van der Waals surface area contributed by atoms with Crippen LogP contribution in [0.5, 0.6) is 6.01 Å². The molecule has 1 aliphatic rings. The van der Waals surface area contributed by atoms with Crippen molar-refractivity contribution in [1.29, 1.82) is 0 Å². The number of hydrogen-bond acceptors (Lipinski definition) is 6. The van der Waals surface area contributed by atoms with Gasteiger partial charge in [0.15, 0.2) is 0 Å².